The highest BCUT2D eigenvalue weighted by molar-refractivity contribution is 7.89. The molecule has 3 N–H and O–H groups in total. The fourth-order valence-corrected chi connectivity index (χ4v) is 3.69. The van der Waals surface area contributed by atoms with Crippen LogP contribution in [0.25, 0.3) is 0 Å². The first-order valence-electron chi connectivity index (χ1n) is 8.09. The number of carbonyl (C=O) groups is 1. The van der Waals surface area contributed by atoms with Gasteiger partial charge < -0.3 is 15.4 Å². The van der Waals surface area contributed by atoms with Crippen molar-refractivity contribution in [2.75, 3.05) is 30.3 Å². The number of ether oxygens (including phenoxy) is 1. The van der Waals surface area contributed by atoms with Crippen LogP contribution in [-0.2, 0) is 21.0 Å². The minimum atomic E-state index is -4.57. The molecule has 3 rings (SSSR count). The molecule has 1 aliphatic heterocycles. The topological polar surface area (TPSA) is 109 Å². The molecule has 0 spiro atoms. The highest BCUT2D eigenvalue weighted by atomic mass is 35.5. The summed E-state index contributed by atoms with van der Waals surface area (Å²) in [4.78, 5) is 14.9. The number of pyridine rings is 1. The summed E-state index contributed by atoms with van der Waals surface area (Å²) < 4.78 is 70.0. The van der Waals surface area contributed by atoms with Gasteiger partial charge in [-0.1, -0.05) is 11.6 Å². The maximum Gasteiger partial charge on any atom is 0.417 e. The monoisotopic (exact) mass is 450 g/mol. The van der Waals surface area contributed by atoms with E-state index >= 15 is 0 Å². The van der Waals surface area contributed by atoms with Crippen molar-refractivity contribution in [1.29, 1.82) is 0 Å². The molecule has 13 heteroatoms. The molecule has 1 aromatic carbocycles. The van der Waals surface area contributed by atoms with Crippen LogP contribution in [0.15, 0.2) is 35.4 Å². The molecular formula is C16H14ClF3N4O4S. The number of sulfonamides is 1. The average molecular weight is 451 g/mol. The predicted molar refractivity (Wildman–Crippen MR) is 98.5 cm³/mol. The van der Waals surface area contributed by atoms with Gasteiger partial charge in [-0.05, 0) is 24.3 Å². The first-order valence-corrected chi connectivity index (χ1v) is 9.95. The smallest absolute Gasteiger partial charge is 0.417 e. The molecule has 0 saturated heterocycles. The Morgan fingerprint density at radius 3 is 2.69 bits per heavy atom. The summed E-state index contributed by atoms with van der Waals surface area (Å²) >= 11 is 5.77. The van der Waals surface area contributed by atoms with Crippen molar-refractivity contribution < 1.29 is 31.1 Å². The summed E-state index contributed by atoms with van der Waals surface area (Å²) in [5.74, 6) is -0.0501. The third-order valence-electron chi connectivity index (χ3n) is 3.77. The Morgan fingerprint density at radius 2 is 2.00 bits per heavy atom. The Kier molecular flexibility index (Phi) is 5.87. The predicted octanol–water partition coefficient (Wildman–Crippen LogP) is 2.48. The number of alkyl halides is 3. The number of anilines is 2. The van der Waals surface area contributed by atoms with Crippen LogP contribution in [0.2, 0.25) is 5.02 Å². The number of halogens is 4. The van der Waals surface area contributed by atoms with E-state index in [0.29, 0.717) is 11.9 Å². The summed E-state index contributed by atoms with van der Waals surface area (Å²) in [6.45, 7) is -0.229. The molecule has 2 aromatic rings. The van der Waals surface area contributed by atoms with E-state index in [1.54, 1.807) is 0 Å². The van der Waals surface area contributed by atoms with Gasteiger partial charge in [0.05, 0.1) is 21.2 Å². The summed E-state index contributed by atoms with van der Waals surface area (Å²) in [6.07, 6.45) is -3.94. The number of hydrogen-bond donors (Lipinski definition) is 3. The lowest BCUT2D eigenvalue weighted by Crippen LogP contribution is -2.30. The number of fused-ring (bicyclic) bond motifs is 1. The lowest BCUT2D eigenvalue weighted by Gasteiger charge is -2.18. The Morgan fingerprint density at radius 1 is 1.24 bits per heavy atom. The Labute approximate surface area is 168 Å². The van der Waals surface area contributed by atoms with E-state index < -0.39 is 27.7 Å². The van der Waals surface area contributed by atoms with Gasteiger partial charge in [-0.3, -0.25) is 4.79 Å². The van der Waals surface area contributed by atoms with E-state index in [1.165, 1.54) is 18.2 Å². The van der Waals surface area contributed by atoms with E-state index in [4.69, 9.17) is 16.3 Å². The Bertz CT molecular complexity index is 1050. The Hall–Kier alpha value is -2.57. The van der Waals surface area contributed by atoms with Crippen molar-refractivity contribution in [3.8, 4) is 5.75 Å². The van der Waals surface area contributed by atoms with Gasteiger partial charge in [0.25, 0.3) is 5.91 Å². The molecule has 0 atom stereocenters. The van der Waals surface area contributed by atoms with Crippen LogP contribution < -0.4 is 20.1 Å². The molecule has 0 bridgehead atoms. The number of aromatic nitrogens is 1. The van der Waals surface area contributed by atoms with Gasteiger partial charge in [0, 0.05) is 19.3 Å². The van der Waals surface area contributed by atoms with Gasteiger partial charge in [0.15, 0.2) is 6.61 Å². The van der Waals surface area contributed by atoms with Crippen molar-refractivity contribution in [2.45, 2.75) is 11.1 Å². The molecule has 1 aromatic heterocycles. The van der Waals surface area contributed by atoms with Crippen LogP contribution in [0.1, 0.15) is 5.56 Å². The zero-order valence-corrected chi connectivity index (χ0v) is 16.1. The van der Waals surface area contributed by atoms with Crippen molar-refractivity contribution in [3.05, 3.63) is 41.0 Å². The SMILES string of the molecule is O=C1COc2ccc(S(=O)(=O)NCCNc3ncc(C(F)(F)F)cc3Cl)cc2N1. The molecule has 2 heterocycles. The summed E-state index contributed by atoms with van der Waals surface area (Å²) in [5.41, 5.74) is -0.750. The third kappa shape index (κ3) is 5.08. The van der Waals surface area contributed by atoms with E-state index in [-0.39, 0.29) is 41.1 Å². The van der Waals surface area contributed by atoms with E-state index in [9.17, 15) is 26.4 Å². The Balaban J connectivity index is 1.59. The van der Waals surface area contributed by atoms with Crippen molar-refractivity contribution >= 4 is 39.0 Å². The van der Waals surface area contributed by atoms with Gasteiger partial charge in [-0.2, -0.15) is 13.2 Å². The number of amides is 1. The third-order valence-corrected chi connectivity index (χ3v) is 5.52. The summed E-state index contributed by atoms with van der Waals surface area (Å²) in [6, 6.07) is 4.73. The zero-order chi connectivity index (χ0) is 21.2. The molecule has 1 amide bonds. The number of hydrogen-bond acceptors (Lipinski definition) is 6. The van der Waals surface area contributed by atoms with Crippen LogP contribution in [-0.4, -0.2) is 39.0 Å². The number of nitrogens with one attached hydrogen (secondary N) is 3. The fraction of sp³-hybridized carbons (Fsp3) is 0.250. The first kappa shape index (κ1) is 21.1. The highest BCUT2D eigenvalue weighted by Gasteiger charge is 2.31. The van der Waals surface area contributed by atoms with Crippen LogP contribution in [0.5, 0.6) is 5.75 Å². The minimum absolute atomic E-state index is 0.00694. The molecule has 156 valence electrons. The van der Waals surface area contributed by atoms with Gasteiger partial charge in [0.1, 0.15) is 11.6 Å². The maximum absolute atomic E-state index is 12.6. The number of carbonyl (C=O) groups excluding carboxylic acids is 1. The maximum atomic E-state index is 12.6. The van der Waals surface area contributed by atoms with Crippen molar-refractivity contribution in [3.63, 3.8) is 0 Å². The molecular weight excluding hydrogens is 437 g/mol. The van der Waals surface area contributed by atoms with Gasteiger partial charge >= 0.3 is 6.18 Å². The van der Waals surface area contributed by atoms with Gasteiger partial charge in [-0.25, -0.2) is 18.1 Å². The van der Waals surface area contributed by atoms with Crippen LogP contribution in [0.3, 0.4) is 0 Å². The molecule has 0 unspecified atom stereocenters. The van der Waals surface area contributed by atoms with Gasteiger partial charge in [-0.15, -0.1) is 0 Å². The molecule has 8 nitrogen and oxygen atoms in total. The minimum Gasteiger partial charge on any atom is -0.482 e. The first-order chi connectivity index (χ1) is 13.6. The normalized spacial score (nSPS) is 14.0. The number of benzene rings is 1. The second-order valence-electron chi connectivity index (χ2n) is 5.87. The lowest BCUT2D eigenvalue weighted by molar-refractivity contribution is -0.137. The number of rotatable bonds is 6. The van der Waals surface area contributed by atoms with Crippen LogP contribution >= 0.6 is 11.6 Å². The zero-order valence-electron chi connectivity index (χ0n) is 14.5. The fourth-order valence-electron chi connectivity index (χ4n) is 2.40. The highest BCUT2D eigenvalue weighted by Crippen LogP contribution is 2.32. The molecule has 1 aliphatic rings. The largest absolute Gasteiger partial charge is 0.482 e. The van der Waals surface area contributed by atoms with Crippen LogP contribution in [0.4, 0.5) is 24.7 Å². The van der Waals surface area contributed by atoms with Crippen molar-refractivity contribution in [2.24, 2.45) is 0 Å². The van der Waals surface area contributed by atoms with Gasteiger partial charge in [0.2, 0.25) is 10.0 Å². The summed E-state index contributed by atoms with van der Waals surface area (Å²) in [7, 11) is -3.90. The second-order valence-corrected chi connectivity index (χ2v) is 8.05. The van der Waals surface area contributed by atoms with Crippen LogP contribution in [0, 0.1) is 0 Å². The molecule has 0 radical (unpaired) electrons. The van der Waals surface area contributed by atoms with Crippen molar-refractivity contribution in [1.82, 2.24) is 9.71 Å². The molecule has 29 heavy (non-hydrogen) atoms. The number of nitrogens with zero attached hydrogens (tertiary/aromatic N) is 1. The van der Waals surface area contributed by atoms with E-state index in [0.717, 1.165) is 6.07 Å². The lowest BCUT2D eigenvalue weighted by atomic mass is 10.2. The molecule has 0 aliphatic carbocycles. The summed E-state index contributed by atoms with van der Waals surface area (Å²) in [5, 5.41) is 4.93. The van der Waals surface area contributed by atoms with E-state index in [1.807, 2.05) is 0 Å². The average Bonchev–Trinajstić information content (AvgIpc) is 2.64. The molecule has 0 fully saturated rings. The quantitative estimate of drug-likeness (QED) is 0.583. The molecule has 0 saturated carbocycles. The second kappa shape index (κ2) is 8.05. The van der Waals surface area contributed by atoms with E-state index in [2.05, 4.69) is 20.3 Å². The standard InChI is InChI=1S/C16H14ClF3N4O4S/c17-11-5-9(16(18,19)20)7-22-15(11)21-3-4-23-29(26,27)10-1-2-13-12(6-10)24-14(25)8-28-13/h1-2,5-7,23H,3-4,8H2,(H,21,22)(H,24,25).